The van der Waals surface area contributed by atoms with Crippen molar-refractivity contribution >= 4 is 22.5 Å². The number of carbonyl (C=O) groups is 1. The first-order chi connectivity index (χ1) is 9.22. The first kappa shape index (κ1) is 11.3. The van der Waals surface area contributed by atoms with E-state index in [0.29, 0.717) is 5.56 Å². The third kappa shape index (κ3) is 2.28. The van der Waals surface area contributed by atoms with Gasteiger partial charge in [-0.1, -0.05) is 0 Å². The molecule has 1 aromatic heterocycles. The molecule has 0 unspecified atom stereocenters. The number of rotatable bonds is 2. The summed E-state index contributed by atoms with van der Waals surface area (Å²) < 4.78 is 0. The predicted molar refractivity (Wildman–Crippen MR) is 74.4 cm³/mol. The van der Waals surface area contributed by atoms with Gasteiger partial charge < -0.3 is 15.4 Å². The molecule has 3 N–H and O–H groups in total. The van der Waals surface area contributed by atoms with E-state index in [9.17, 15) is 9.90 Å². The lowest BCUT2D eigenvalue weighted by molar-refractivity contribution is 0.102. The number of aromatic nitrogens is 1. The molecule has 0 aliphatic carbocycles. The predicted octanol–water partition coefficient (Wildman–Crippen LogP) is 3.13. The van der Waals surface area contributed by atoms with Crippen molar-refractivity contribution in [2.24, 2.45) is 0 Å². The van der Waals surface area contributed by atoms with Crippen molar-refractivity contribution in [2.45, 2.75) is 0 Å². The van der Waals surface area contributed by atoms with Gasteiger partial charge in [-0.2, -0.15) is 0 Å². The van der Waals surface area contributed by atoms with E-state index in [0.717, 1.165) is 16.6 Å². The first-order valence-electron chi connectivity index (χ1n) is 5.90. The Kier molecular flexibility index (Phi) is 2.68. The Hall–Kier alpha value is -2.75. The summed E-state index contributed by atoms with van der Waals surface area (Å²) in [5.41, 5.74) is 2.28. The summed E-state index contributed by atoms with van der Waals surface area (Å²) in [6, 6.07) is 13.8. The lowest BCUT2D eigenvalue weighted by Crippen LogP contribution is -2.11. The minimum Gasteiger partial charge on any atom is -0.508 e. The van der Waals surface area contributed by atoms with Gasteiger partial charge in [-0.3, -0.25) is 4.79 Å². The maximum absolute atomic E-state index is 12.0. The molecular weight excluding hydrogens is 240 g/mol. The third-order valence-corrected chi connectivity index (χ3v) is 2.94. The largest absolute Gasteiger partial charge is 0.508 e. The zero-order chi connectivity index (χ0) is 13.2. The Morgan fingerprint density at radius 2 is 1.84 bits per heavy atom. The molecule has 0 radical (unpaired) electrons. The molecular formula is C15H12N2O2. The fourth-order valence-electron chi connectivity index (χ4n) is 1.95. The highest BCUT2D eigenvalue weighted by molar-refractivity contribution is 6.05. The van der Waals surface area contributed by atoms with Crippen molar-refractivity contribution in [3.05, 3.63) is 60.3 Å². The summed E-state index contributed by atoms with van der Waals surface area (Å²) in [7, 11) is 0. The number of hydrogen-bond donors (Lipinski definition) is 3. The van der Waals surface area contributed by atoms with Crippen LogP contribution in [0.3, 0.4) is 0 Å². The molecule has 3 rings (SSSR count). The number of aromatic amines is 1. The standard InChI is InChI=1S/C15H12N2O2/c18-13-4-1-10(2-5-13)15(19)17-12-3-6-14-11(9-12)7-8-16-14/h1-9,16,18H,(H,17,19). The van der Waals surface area contributed by atoms with Crippen molar-refractivity contribution in [1.82, 2.24) is 4.98 Å². The summed E-state index contributed by atoms with van der Waals surface area (Å²) >= 11 is 0. The van der Waals surface area contributed by atoms with Crippen molar-refractivity contribution in [1.29, 1.82) is 0 Å². The monoisotopic (exact) mass is 252 g/mol. The number of H-pyrrole nitrogens is 1. The second-order valence-electron chi connectivity index (χ2n) is 4.28. The van der Waals surface area contributed by atoms with Crippen LogP contribution in [0.4, 0.5) is 5.69 Å². The summed E-state index contributed by atoms with van der Waals surface area (Å²) in [6.07, 6.45) is 1.86. The fourth-order valence-corrected chi connectivity index (χ4v) is 1.95. The van der Waals surface area contributed by atoms with Gasteiger partial charge in [0.15, 0.2) is 0 Å². The van der Waals surface area contributed by atoms with Gasteiger partial charge in [0.05, 0.1) is 0 Å². The van der Waals surface area contributed by atoms with Crippen LogP contribution in [0.1, 0.15) is 10.4 Å². The first-order valence-corrected chi connectivity index (χ1v) is 5.90. The molecule has 0 atom stereocenters. The molecule has 0 bridgehead atoms. The highest BCUT2D eigenvalue weighted by Gasteiger charge is 2.06. The van der Waals surface area contributed by atoms with Crippen LogP contribution in [0.2, 0.25) is 0 Å². The SMILES string of the molecule is O=C(Nc1ccc2[nH]ccc2c1)c1ccc(O)cc1. The molecule has 2 aromatic carbocycles. The van der Waals surface area contributed by atoms with Gasteiger partial charge in [-0.15, -0.1) is 0 Å². The van der Waals surface area contributed by atoms with Crippen molar-refractivity contribution in [3.63, 3.8) is 0 Å². The highest BCUT2D eigenvalue weighted by Crippen LogP contribution is 2.19. The molecule has 1 amide bonds. The van der Waals surface area contributed by atoms with Gasteiger partial charge in [-0.05, 0) is 48.5 Å². The number of nitrogens with one attached hydrogen (secondary N) is 2. The number of phenolic OH excluding ortho intramolecular Hbond substituents is 1. The average Bonchev–Trinajstić information content (AvgIpc) is 2.87. The van der Waals surface area contributed by atoms with E-state index in [1.165, 1.54) is 12.1 Å². The Balaban J connectivity index is 1.83. The van der Waals surface area contributed by atoms with Gasteiger partial charge in [-0.25, -0.2) is 0 Å². The maximum atomic E-state index is 12.0. The van der Waals surface area contributed by atoms with Crippen molar-refractivity contribution in [2.75, 3.05) is 5.32 Å². The van der Waals surface area contributed by atoms with Crippen LogP contribution >= 0.6 is 0 Å². The molecule has 0 aliphatic rings. The van der Waals surface area contributed by atoms with E-state index in [4.69, 9.17) is 0 Å². The lowest BCUT2D eigenvalue weighted by atomic mass is 10.2. The number of benzene rings is 2. The molecule has 3 aromatic rings. The Bertz CT molecular complexity index is 729. The van der Waals surface area contributed by atoms with Crippen LogP contribution < -0.4 is 5.32 Å². The number of hydrogen-bond acceptors (Lipinski definition) is 2. The Labute approximate surface area is 109 Å². The smallest absolute Gasteiger partial charge is 0.255 e. The van der Waals surface area contributed by atoms with Crippen LogP contribution in [0.15, 0.2) is 54.7 Å². The van der Waals surface area contributed by atoms with Gasteiger partial charge >= 0.3 is 0 Å². The van der Waals surface area contributed by atoms with Crippen LogP contribution in [0.5, 0.6) is 5.75 Å². The minimum absolute atomic E-state index is 0.144. The molecule has 0 spiro atoms. The van der Waals surface area contributed by atoms with Crippen LogP contribution in [-0.4, -0.2) is 16.0 Å². The van der Waals surface area contributed by atoms with Gasteiger partial charge in [0.2, 0.25) is 0 Å². The van der Waals surface area contributed by atoms with Gasteiger partial charge in [0, 0.05) is 28.4 Å². The van der Waals surface area contributed by atoms with E-state index >= 15 is 0 Å². The molecule has 19 heavy (non-hydrogen) atoms. The molecule has 4 nitrogen and oxygen atoms in total. The zero-order valence-electron chi connectivity index (χ0n) is 10.1. The number of aromatic hydroxyl groups is 1. The fraction of sp³-hybridized carbons (Fsp3) is 0. The minimum atomic E-state index is -0.199. The second-order valence-corrected chi connectivity index (χ2v) is 4.28. The number of amides is 1. The quantitative estimate of drug-likeness (QED) is 0.656. The summed E-state index contributed by atoms with van der Waals surface area (Å²) in [5, 5.41) is 13.1. The lowest BCUT2D eigenvalue weighted by Gasteiger charge is -2.05. The Morgan fingerprint density at radius 1 is 1.05 bits per heavy atom. The summed E-state index contributed by atoms with van der Waals surface area (Å²) in [6.45, 7) is 0. The van der Waals surface area contributed by atoms with E-state index in [1.54, 1.807) is 12.1 Å². The van der Waals surface area contributed by atoms with Crippen LogP contribution in [0.25, 0.3) is 10.9 Å². The zero-order valence-corrected chi connectivity index (χ0v) is 10.1. The Morgan fingerprint density at radius 3 is 2.63 bits per heavy atom. The van der Waals surface area contributed by atoms with E-state index in [2.05, 4.69) is 10.3 Å². The second kappa shape index (κ2) is 4.49. The number of carbonyl (C=O) groups excluding carboxylic acids is 1. The average molecular weight is 252 g/mol. The third-order valence-electron chi connectivity index (χ3n) is 2.94. The number of anilines is 1. The molecule has 0 aliphatic heterocycles. The van der Waals surface area contributed by atoms with Crippen LogP contribution in [0, 0.1) is 0 Å². The molecule has 0 saturated heterocycles. The molecule has 94 valence electrons. The van der Waals surface area contributed by atoms with E-state index in [-0.39, 0.29) is 11.7 Å². The summed E-state index contributed by atoms with van der Waals surface area (Å²) in [4.78, 5) is 15.1. The number of fused-ring (bicyclic) bond motifs is 1. The van der Waals surface area contributed by atoms with Crippen LogP contribution in [-0.2, 0) is 0 Å². The normalized spacial score (nSPS) is 10.5. The van der Waals surface area contributed by atoms with E-state index in [1.807, 2.05) is 30.5 Å². The highest BCUT2D eigenvalue weighted by atomic mass is 16.3. The number of phenols is 1. The van der Waals surface area contributed by atoms with Gasteiger partial charge in [0.25, 0.3) is 5.91 Å². The molecule has 0 saturated carbocycles. The topological polar surface area (TPSA) is 65.1 Å². The summed E-state index contributed by atoms with van der Waals surface area (Å²) in [5.74, 6) is -0.0554. The van der Waals surface area contributed by atoms with Crippen molar-refractivity contribution in [3.8, 4) is 5.75 Å². The molecule has 1 heterocycles. The molecule has 4 heteroatoms. The van der Waals surface area contributed by atoms with Gasteiger partial charge in [0.1, 0.15) is 5.75 Å². The maximum Gasteiger partial charge on any atom is 0.255 e. The molecule has 0 fully saturated rings. The van der Waals surface area contributed by atoms with Crippen molar-refractivity contribution < 1.29 is 9.90 Å². The van der Waals surface area contributed by atoms with E-state index < -0.39 is 0 Å².